The topological polar surface area (TPSA) is 177 Å². The maximum Gasteiger partial charge on any atom is 0.352 e. The number of oxime groups is 1. The van der Waals surface area contributed by atoms with Crippen LogP contribution < -0.4 is 10.6 Å². The predicted octanol–water partition coefficient (Wildman–Crippen LogP) is 1.26. The van der Waals surface area contributed by atoms with Crippen molar-refractivity contribution in [2.75, 3.05) is 23.1 Å². The van der Waals surface area contributed by atoms with Crippen LogP contribution in [0.25, 0.3) is 0 Å². The molecule has 0 aromatic carbocycles. The van der Waals surface area contributed by atoms with Crippen LogP contribution in [0.5, 0.6) is 0 Å². The highest BCUT2D eigenvalue weighted by Gasteiger charge is 2.54. The number of hydrogen-bond acceptors (Lipinski definition) is 12. The van der Waals surface area contributed by atoms with Gasteiger partial charge in [0, 0.05) is 16.9 Å². The third-order valence-corrected chi connectivity index (χ3v) is 7.79. The molecule has 3 rings (SSSR count). The van der Waals surface area contributed by atoms with Gasteiger partial charge < -0.3 is 25.3 Å². The molecule has 0 aliphatic carbocycles. The number of rotatable bonds is 11. The summed E-state index contributed by atoms with van der Waals surface area (Å²) in [6.07, 6.45) is 1.09. The second kappa shape index (κ2) is 12.2. The Bertz CT molecular complexity index is 1190. The monoisotopic (exact) mass is 585 g/mol. The molecule has 0 saturated carbocycles. The third kappa shape index (κ3) is 6.66. The minimum absolute atomic E-state index is 0.0292. The number of anilines is 1. The fourth-order valence-electron chi connectivity index (χ4n) is 3.44. The van der Waals surface area contributed by atoms with E-state index in [1.807, 2.05) is 6.26 Å². The summed E-state index contributed by atoms with van der Waals surface area (Å²) in [6.45, 7) is 6.46. The number of β-lactam (4-membered cyclic amide) rings is 1. The van der Waals surface area contributed by atoms with Gasteiger partial charge in [-0.25, -0.2) is 14.6 Å². The molecule has 2 aliphatic heterocycles. The number of ether oxygens (including phenoxy) is 1. The second-order valence-corrected chi connectivity index (χ2v) is 11.9. The van der Waals surface area contributed by atoms with Crippen molar-refractivity contribution in [1.29, 1.82) is 0 Å². The zero-order valence-corrected chi connectivity index (χ0v) is 23.6. The molecule has 1 fully saturated rings. The number of carboxylic acids is 1. The van der Waals surface area contributed by atoms with Crippen molar-refractivity contribution in [1.82, 2.24) is 15.2 Å². The molecule has 3 heterocycles. The fraction of sp³-hybridized carbons (Fsp3) is 0.500. The molecule has 3 N–H and O–H groups in total. The van der Waals surface area contributed by atoms with Crippen molar-refractivity contribution in [2.45, 2.75) is 50.8 Å². The van der Waals surface area contributed by atoms with Crippen LogP contribution in [-0.4, -0.2) is 91.7 Å². The largest absolute Gasteiger partial charge is 0.477 e. The number of aromatic nitrogens is 1. The van der Waals surface area contributed by atoms with Crippen LogP contribution in [0.1, 0.15) is 33.4 Å². The van der Waals surface area contributed by atoms with Gasteiger partial charge in [0.2, 0.25) is 12.5 Å². The van der Waals surface area contributed by atoms with E-state index in [2.05, 4.69) is 20.8 Å². The minimum atomic E-state index is -1.21. The van der Waals surface area contributed by atoms with Gasteiger partial charge in [-0.1, -0.05) is 5.16 Å². The molecule has 0 spiro atoms. The maximum atomic E-state index is 13.3. The van der Waals surface area contributed by atoms with E-state index >= 15 is 0 Å². The van der Waals surface area contributed by atoms with Gasteiger partial charge in [0.15, 0.2) is 10.8 Å². The summed E-state index contributed by atoms with van der Waals surface area (Å²) in [5.74, 6) is -2.46. The Morgan fingerprint density at radius 1 is 1.39 bits per heavy atom. The molecule has 1 aromatic rings. The summed E-state index contributed by atoms with van der Waals surface area (Å²) in [5.41, 5.74) is -0.517. The fourth-order valence-corrected chi connectivity index (χ4v) is 6.16. The minimum Gasteiger partial charge on any atom is -0.477 e. The third-order valence-electron chi connectivity index (χ3n) is 5.04. The predicted molar refractivity (Wildman–Crippen MR) is 143 cm³/mol. The number of carbonyl (C=O) groups is 5. The van der Waals surface area contributed by atoms with Crippen LogP contribution >= 0.6 is 34.9 Å². The first kappa shape index (κ1) is 29.4. The standard InChI is InChI=1S/C22H27N5O8S3/c1-10(20(33)34-22(2,3)4)35-26-13(12-8-38-21(24-12)23-9-28)16(29)25-14-17(30)27-15(19(31)32)11(6-36-5)7-37-18(14)27/h8-10,14,18H,6-7H2,1-5H3,(H,25,29)(H,31,32)(H,23,24,28)/t10?,14?,18-/m0/s1. The zero-order valence-electron chi connectivity index (χ0n) is 21.2. The number of thiazole rings is 1. The second-order valence-electron chi connectivity index (χ2n) is 9.07. The first-order valence-electron chi connectivity index (χ1n) is 11.2. The van der Waals surface area contributed by atoms with Crippen molar-refractivity contribution in [3.63, 3.8) is 0 Å². The molecule has 38 heavy (non-hydrogen) atoms. The summed E-state index contributed by atoms with van der Waals surface area (Å²) in [5, 5.41) is 19.5. The van der Waals surface area contributed by atoms with E-state index in [0.717, 1.165) is 11.3 Å². The summed E-state index contributed by atoms with van der Waals surface area (Å²) >= 11 is 3.81. The van der Waals surface area contributed by atoms with Crippen molar-refractivity contribution >= 4 is 75.9 Å². The Balaban J connectivity index is 1.82. The van der Waals surface area contributed by atoms with Crippen LogP contribution in [0.4, 0.5) is 5.13 Å². The van der Waals surface area contributed by atoms with E-state index in [-0.39, 0.29) is 22.2 Å². The van der Waals surface area contributed by atoms with Gasteiger partial charge in [0.25, 0.3) is 11.8 Å². The molecule has 2 aliphatic rings. The molecule has 13 nitrogen and oxygen atoms in total. The average molecular weight is 586 g/mol. The lowest BCUT2D eigenvalue weighted by atomic mass is 10.0. The summed E-state index contributed by atoms with van der Waals surface area (Å²) in [6, 6.07) is -1.02. The quantitative estimate of drug-likeness (QED) is 0.112. The van der Waals surface area contributed by atoms with E-state index < -0.39 is 46.9 Å². The van der Waals surface area contributed by atoms with Crippen molar-refractivity contribution < 1.29 is 38.7 Å². The van der Waals surface area contributed by atoms with Crippen molar-refractivity contribution in [3.05, 3.63) is 22.3 Å². The van der Waals surface area contributed by atoms with Gasteiger partial charge in [-0.05, 0) is 39.5 Å². The summed E-state index contributed by atoms with van der Waals surface area (Å²) in [7, 11) is 0. The van der Waals surface area contributed by atoms with Crippen LogP contribution in [0, 0.1) is 0 Å². The Morgan fingerprint density at radius 3 is 2.71 bits per heavy atom. The van der Waals surface area contributed by atoms with Gasteiger partial charge in [-0.2, -0.15) is 11.8 Å². The number of fused-ring (bicyclic) bond motifs is 1. The summed E-state index contributed by atoms with van der Waals surface area (Å²) in [4.78, 5) is 71.7. The molecule has 3 atom stereocenters. The maximum absolute atomic E-state index is 13.3. The first-order chi connectivity index (χ1) is 17.9. The smallest absolute Gasteiger partial charge is 0.352 e. The van der Waals surface area contributed by atoms with Gasteiger partial charge in [-0.15, -0.1) is 23.1 Å². The Labute approximate surface area is 230 Å². The summed E-state index contributed by atoms with van der Waals surface area (Å²) < 4.78 is 5.25. The molecule has 1 aromatic heterocycles. The van der Waals surface area contributed by atoms with E-state index in [1.165, 1.54) is 40.7 Å². The molecule has 2 unspecified atom stereocenters. The lowest BCUT2D eigenvalue weighted by Gasteiger charge is -2.49. The number of nitrogens with zero attached hydrogens (tertiary/aromatic N) is 3. The normalized spacial score (nSPS) is 20.2. The highest BCUT2D eigenvalue weighted by Crippen LogP contribution is 2.41. The van der Waals surface area contributed by atoms with Gasteiger partial charge in [0.1, 0.15) is 28.4 Å². The van der Waals surface area contributed by atoms with Crippen LogP contribution in [0.3, 0.4) is 0 Å². The molecule has 0 radical (unpaired) electrons. The number of carboxylic acid groups (broad SMARTS) is 1. The zero-order chi connectivity index (χ0) is 28.2. The number of esters is 1. The van der Waals surface area contributed by atoms with E-state index in [0.29, 0.717) is 23.5 Å². The number of nitrogens with one attached hydrogen (secondary N) is 2. The van der Waals surface area contributed by atoms with E-state index in [4.69, 9.17) is 9.57 Å². The molecule has 16 heteroatoms. The molecular weight excluding hydrogens is 558 g/mol. The van der Waals surface area contributed by atoms with Gasteiger partial charge in [0.05, 0.1) is 0 Å². The molecular formula is C22H27N5O8S3. The lowest BCUT2D eigenvalue weighted by Crippen LogP contribution is -2.71. The Hall–Kier alpha value is -3.11. The van der Waals surface area contributed by atoms with E-state index in [9.17, 15) is 29.1 Å². The van der Waals surface area contributed by atoms with Gasteiger partial charge >= 0.3 is 11.9 Å². The highest BCUT2D eigenvalue weighted by molar-refractivity contribution is 8.00. The van der Waals surface area contributed by atoms with Crippen LogP contribution in [0.2, 0.25) is 0 Å². The van der Waals surface area contributed by atoms with Gasteiger partial charge in [-0.3, -0.25) is 19.3 Å². The molecule has 0 bridgehead atoms. The Kier molecular flexibility index (Phi) is 9.43. The molecule has 1 saturated heterocycles. The number of hydrogen-bond donors (Lipinski definition) is 3. The highest BCUT2D eigenvalue weighted by atomic mass is 32.2. The molecule has 3 amide bonds. The first-order valence-corrected chi connectivity index (χ1v) is 14.5. The number of aliphatic carboxylic acids is 1. The van der Waals surface area contributed by atoms with Crippen molar-refractivity contribution in [3.8, 4) is 0 Å². The Morgan fingerprint density at radius 2 is 2.11 bits per heavy atom. The lowest BCUT2D eigenvalue weighted by molar-refractivity contribution is -0.167. The number of amides is 3. The van der Waals surface area contributed by atoms with Crippen LogP contribution in [-0.2, 0) is 33.5 Å². The van der Waals surface area contributed by atoms with E-state index in [1.54, 1.807) is 20.8 Å². The number of carbonyl (C=O) groups excluding carboxylic acids is 4. The number of thioether (sulfide) groups is 2. The SMILES string of the molecule is CSCC1=C(C(=O)O)N2C(=O)C(NC(=O)C(=NOC(C)C(=O)OC(C)(C)C)c3csc(NC=O)n3)[C@@H]2SC1. The van der Waals surface area contributed by atoms with Crippen LogP contribution in [0.15, 0.2) is 21.8 Å². The average Bonchev–Trinajstić information content (AvgIpc) is 3.29. The van der Waals surface area contributed by atoms with Crippen molar-refractivity contribution in [2.24, 2.45) is 5.16 Å². The molecule has 206 valence electrons.